The lowest BCUT2D eigenvalue weighted by atomic mass is 9.99. The molecule has 2 heterocycles. The van der Waals surface area contributed by atoms with Crippen molar-refractivity contribution >= 4 is 45.3 Å². The number of anilines is 1. The first-order valence-electron chi connectivity index (χ1n) is 8.81. The number of aryl methyl sites for hydroxylation is 1. The van der Waals surface area contributed by atoms with Crippen LogP contribution < -0.4 is 4.90 Å². The maximum atomic E-state index is 9.76. The molecule has 3 N–H and O–H groups in total. The van der Waals surface area contributed by atoms with Crippen LogP contribution >= 0.6 is 22.9 Å². The van der Waals surface area contributed by atoms with Gasteiger partial charge in [-0.15, -0.1) is 11.3 Å². The Hall–Kier alpha value is -2.02. The van der Waals surface area contributed by atoms with Gasteiger partial charge in [0.15, 0.2) is 0 Å². The number of halogens is 1. The van der Waals surface area contributed by atoms with E-state index in [0.29, 0.717) is 11.4 Å². The van der Waals surface area contributed by atoms with Crippen LogP contribution in [0.15, 0.2) is 29.3 Å². The number of aliphatic hydroxyl groups is 1. The van der Waals surface area contributed by atoms with Crippen LogP contribution in [0.5, 0.6) is 0 Å². The fraction of sp³-hybridized carbons (Fsp3) is 0.350. The molecule has 0 bridgehead atoms. The summed E-state index contributed by atoms with van der Waals surface area (Å²) in [6.07, 6.45) is 0.621. The molecule has 1 fully saturated rings. The Kier molecular flexibility index (Phi) is 4.25. The molecule has 1 aliphatic heterocycles. The summed E-state index contributed by atoms with van der Waals surface area (Å²) in [6.45, 7) is 5.79. The minimum absolute atomic E-state index is 0.0175. The largest absolute Gasteiger partial charge is 0.396 e. The van der Waals surface area contributed by atoms with E-state index in [4.69, 9.17) is 27.4 Å². The van der Waals surface area contributed by atoms with Gasteiger partial charge >= 0.3 is 0 Å². The lowest BCUT2D eigenvalue weighted by Crippen LogP contribution is -2.42. The number of aliphatic imine (C=N–C) groups is 1. The summed E-state index contributed by atoms with van der Waals surface area (Å²) in [4.78, 5) is 7.90. The highest BCUT2D eigenvalue weighted by Crippen LogP contribution is 2.53. The zero-order valence-electron chi connectivity index (χ0n) is 15.4. The molecule has 7 heteroatoms. The minimum atomic E-state index is -0.773. The molecule has 27 heavy (non-hydrogen) atoms. The Morgan fingerprint density at radius 2 is 2.04 bits per heavy atom. The molecule has 2 aromatic rings. The van der Waals surface area contributed by atoms with Gasteiger partial charge in [0.2, 0.25) is 0 Å². The molecule has 0 saturated heterocycles. The van der Waals surface area contributed by atoms with Crippen molar-refractivity contribution < 1.29 is 5.11 Å². The Morgan fingerprint density at radius 1 is 1.37 bits per heavy atom. The average molecular weight is 401 g/mol. The number of benzene rings is 1. The van der Waals surface area contributed by atoms with E-state index in [2.05, 4.69) is 13.8 Å². The fourth-order valence-electron chi connectivity index (χ4n) is 3.74. The first kappa shape index (κ1) is 18.3. The normalized spacial score (nSPS) is 23.9. The van der Waals surface area contributed by atoms with Crippen molar-refractivity contribution in [2.75, 3.05) is 11.5 Å². The third-order valence-electron chi connectivity index (χ3n) is 5.50. The zero-order chi connectivity index (χ0) is 19.5. The van der Waals surface area contributed by atoms with E-state index >= 15 is 0 Å². The Morgan fingerprint density at radius 3 is 2.59 bits per heavy atom. The number of hydrogen-bond acceptors (Lipinski definition) is 5. The first-order valence-corrected chi connectivity index (χ1v) is 10.0. The molecule has 5 nitrogen and oxygen atoms in total. The van der Waals surface area contributed by atoms with Gasteiger partial charge in [-0.3, -0.25) is 20.7 Å². The fourth-order valence-corrected chi connectivity index (χ4v) is 5.09. The summed E-state index contributed by atoms with van der Waals surface area (Å²) >= 11 is 7.66. The van der Waals surface area contributed by atoms with Gasteiger partial charge in [-0.1, -0.05) is 23.7 Å². The number of nitrogens with zero attached hydrogens (tertiary/aromatic N) is 2. The molecule has 2 aliphatic rings. The molecule has 1 aromatic carbocycles. The van der Waals surface area contributed by atoms with E-state index in [9.17, 15) is 5.11 Å². The summed E-state index contributed by atoms with van der Waals surface area (Å²) in [6, 6.07) is 7.56. The van der Waals surface area contributed by atoms with Crippen LogP contribution in [0.2, 0.25) is 5.02 Å². The number of aliphatic hydroxyl groups excluding tert-OH is 1. The molecule has 1 unspecified atom stereocenters. The lowest BCUT2D eigenvalue weighted by Gasteiger charge is -2.25. The van der Waals surface area contributed by atoms with E-state index in [-0.39, 0.29) is 24.2 Å². The van der Waals surface area contributed by atoms with Crippen molar-refractivity contribution in [1.82, 2.24) is 0 Å². The number of nitrogens with one attached hydrogen (secondary N) is 2. The number of amidine groups is 2. The topological polar surface area (TPSA) is 83.5 Å². The van der Waals surface area contributed by atoms with Crippen molar-refractivity contribution in [1.29, 1.82) is 10.8 Å². The number of hydrogen-bond donors (Lipinski definition) is 3. The van der Waals surface area contributed by atoms with Gasteiger partial charge in [0, 0.05) is 33.6 Å². The van der Waals surface area contributed by atoms with E-state index in [1.54, 1.807) is 23.2 Å². The second-order valence-electron chi connectivity index (χ2n) is 7.21. The van der Waals surface area contributed by atoms with Gasteiger partial charge in [0.25, 0.3) is 0 Å². The highest BCUT2D eigenvalue weighted by Gasteiger charge is 2.61. The maximum absolute atomic E-state index is 9.76. The summed E-state index contributed by atoms with van der Waals surface area (Å²) in [7, 11) is 0. The second-order valence-corrected chi connectivity index (χ2v) is 8.85. The summed E-state index contributed by atoms with van der Waals surface area (Å²) < 4.78 is 0. The van der Waals surface area contributed by atoms with Crippen LogP contribution in [0, 0.1) is 30.6 Å². The summed E-state index contributed by atoms with van der Waals surface area (Å²) in [5.41, 5.74) is 3.05. The molecule has 1 spiro atoms. The molecule has 2 atom stereocenters. The monoisotopic (exact) mass is 400 g/mol. The molecule has 0 radical (unpaired) electrons. The SMILES string of the molecule is CC(=N)N1C(=N)[C@]2(CC2CO)N=C(c2ccc(Cl)cc2)c2c1sc(C)c2C. The second kappa shape index (κ2) is 6.26. The average Bonchev–Trinajstić information content (AvgIpc) is 3.29. The standard InChI is InChI=1S/C20H21ClN4OS/c1-10-11(2)27-18-16(10)17(13-4-6-15(21)7-5-13)24-20(8-14(20)9-26)19(23)25(18)12(3)22/h4-7,14,22-23,26H,8-9H2,1-3H3/t14?,20-/m1/s1. The van der Waals surface area contributed by atoms with Gasteiger partial charge in [0.05, 0.1) is 5.71 Å². The number of fused-ring (bicyclic) bond motifs is 1. The molecule has 0 amide bonds. The van der Waals surface area contributed by atoms with Crippen molar-refractivity contribution in [3.63, 3.8) is 0 Å². The van der Waals surface area contributed by atoms with Crippen LogP contribution in [-0.2, 0) is 0 Å². The smallest absolute Gasteiger partial charge is 0.135 e. The van der Waals surface area contributed by atoms with E-state index in [0.717, 1.165) is 32.3 Å². The molecule has 140 valence electrons. The molecule has 1 aromatic heterocycles. The van der Waals surface area contributed by atoms with Gasteiger partial charge in [-0.05, 0) is 44.9 Å². The van der Waals surface area contributed by atoms with Gasteiger partial charge in [-0.2, -0.15) is 0 Å². The van der Waals surface area contributed by atoms with Crippen molar-refractivity contribution in [3.8, 4) is 0 Å². The summed E-state index contributed by atoms with van der Waals surface area (Å²) in [5, 5.41) is 28.5. The van der Waals surface area contributed by atoms with Crippen LogP contribution in [0.25, 0.3) is 0 Å². The van der Waals surface area contributed by atoms with Crippen molar-refractivity contribution in [2.45, 2.75) is 32.7 Å². The lowest BCUT2D eigenvalue weighted by molar-refractivity contribution is 0.270. The van der Waals surface area contributed by atoms with Crippen LogP contribution in [0.3, 0.4) is 0 Å². The number of thiophene rings is 1. The van der Waals surface area contributed by atoms with Gasteiger partial charge in [-0.25, -0.2) is 0 Å². The first-order chi connectivity index (χ1) is 12.8. The minimum Gasteiger partial charge on any atom is -0.396 e. The van der Waals surface area contributed by atoms with Crippen LogP contribution in [0.4, 0.5) is 5.00 Å². The summed E-state index contributed by atoms with van der Waals surface area (Å²) in [5.74, 6) is 0.475. The highest BCUT2D eigenvalue weighted by molar-refractivity contribution is 7.17. The Bertz CT molecular complexity index is 994. The number of rotatable bonds is 2. The Labute approximate surface area is 167 Å². The Balaban J connectivity index is 2.02. The van der Waals surface area contributed by atoms with E-state index in [1.807, 2.05) is 24.3 Å². The molecule has 4 rings (SSSR count). The molecular weight excluding hydrogens is 380 g/mol. The third kappa shape index (κ3) is 2.66. The third-order valence-corrected chi connectivity index (χ3v) is 6.94. The zero-order valence-corrected chi connectivity index (χ0v) is 17.0. The van der Waals surface area contributed by atoms with Crippen LogP contribution in [-0.4, -0.2) is 34.6 Å². The van der Waals surface area contributed by atoms with Crippen molar-refractivity contribution in [2.24, 2.45) is 10.9 Å². The molecular formula is C20H21ClN4OS. The van der Waals surface area contributed by atoms with Gasteiger partial charge in [0.1, 0.15) is 22.2 Å². The highest BCUT2D eigenvalue weighted by atomic mass is 35.5. The van der Waals surface area contributed by atoms with Crippen LogP contribution in [0.1, 0.15) is 34.9 Å². The molecule has 1 aliphatic carbocycles. The quantitative estimate of drug-likeness (QED) is 0.515. The van der Waals surface area contributed by atoms with E-state index < -0.39 is 5.54 Å². The van der Waals surface area contributed by atoms with Crippen molar-refractivity contribution in [3.05, 3.63) is 50.9 Å². The van der Waals surface area contributed by atoms with E-state index in [1.165, 1.54) is 0 Å². The predicted molar refractivity (Wildman–Crippen MR) is 112 cm³/mol. The molecule has 1 saturated carbocycles. The maximum Gasteiger partial charge on any atom is 0.135 e. The predicted octanol–water partition coefficient (Wildman–Crippen LogP) is 4.40. The van der Waals surface area contributed by atoms with Gasteiger partial charge < -0.3 is 5.11 Å².